The van der Waals surface area contributed by atoms with Crippen molar-refractivity contribution in [3.63, 3.8) is 0 Å². The van der Waals surface area contributed by atoms with Gasteiger partial charge in [-0.05, 0) is 42.7 Å². The van der Waals surface area contributed by atoms with E-state index in [2.05, 4.69) is 0 Å². The third kappa shape index (κ3) is 5.69. The number of hydrogen-bond donors (Lipinski definition) is 0. The molecule has 0 aliphatic carbocycles. The molecule has 0 N–H and O–H groups in total. The molecule has 3 rings (SSSR count). The Hall–Kier alpha value is -2.67. The van der Waals surface area contributed by atoms with E-state index in [4.69, 9.17) is 25.5 Å². The van der Waals surface area contributed by atoms with Gasteiger partial charge in [0, 0.05) is 13.1 Å². The average Bonchev–Trinajstić information content (AvgIpc) is 3.37. The van der Waals surface area contributed by atoms with Crippen LogP contribution in [0, 0.1) is 5.92 Å². The second-order valence-electron chi connectivity index (χ2n) is 7.75. The van der Waals surface area contributed by atoms with Crippen molar-refractivity contribution in [3.05, 3.63) is 47.9 Å². The van der Waals surface area contributed by atoms with Crippen LogP contribution in [0.1, 0.15) is 32.1 Å². The van der Waals surface area contributed by atoms with Gasteiger partial charge >= 0.3 is 0 Å². The first kappa shape index (κ1) is 22.0. The minimum absolute atomic E-state index is 0.0423. The number of rotatable bonds is 9. The number of nitrogens with zero attached hydrogens (tertiary/aromatic N) is 2. The number of ether oxygens (including phenoxy) is 2. The van der Waals surface area contributed by atoms with Crippen molar-refractivity contribution >= 4 is 23.4 Å². The average molecular weight is 435 g/mol. The van der Waals surface area contributed by atoms with E-state index in [-0.39, 0.29) is 31.1 Å². The zero-order valence-electron chi connectivity index (χ0n) is 17.5. The first-order valence-corrected chi connectivity index (χ1v) is 10.4. The van der Waals surface area contributed by atoms with Crippen LogP contribution in [0.4, 0.5) is 0 Å². The summed E-state index contributed by atoms with van der Waals surface area (Å²) >= 11 is 6.01. The number of amides is 2. The summed E-state index contributed by atoms with van der Waals surface area (Å²) in [6.45, 7) is 6.86. The molecule has 30 heavy (non-hydrogen) atoms. The predicted octanol–water partition coefficient (Wildman–Crippen LogP) is 3.65. The van der Waals surface area contributed by atoms with Crippen LogP contribution in [0.25, 0.3) is 0 Å². The fourth-order valence-corrected chi connectivity index (χ4v) is 3.41. The molecule has 0 fully saturated rings. The van der Waals surface area contributed by atoms with Crippen molar-refractivity contribution in [1.82, 2.24) is 9.80 Å². The lowest BCUT2D eigenvalue weighted by molar-refractivity contribution is -0.141. The van der Waals surface area contributed by atoms with E-state index < -0.39 is 5.38 Å². The van der Waals surface area contributed by atoms with E-state index in [1.165, 1.54) is 4.90 Å². The predicted molar refractivity (Wildman–Crippen MR) is 112 cm³/mol. The molecule has 1 aliphatic heterocycles. The molecule has 0 bridgehead atoms. The van der Waals surface area contributed by atoms with Crippen molar-refractivity contribution in [1.29, 1.82) is 0 Å². The normalized spacial score (nSPS) is 13.4. The molecule has 2 aromatic rings. The lowest BCUT2D eigenvalue weighted by Gasteiger charge is -2.29. The van der Waals surface area contributed by atoms with Crippen molar-refractivity contribution in [3.8, 4) is 11.5 Å². The number of carbonyl (C=O) groups is 2. The Kier molecular flexibility index (Phi) is 7.26. The van der Waals surface area contributed by atoms with Crippen LogP contribution < -0.4 is 9.47 Å². The number of alkyl halides is 1. The van der Waals surface area contributed by atoms with Crippen LogP contribution in [0.3, 0.4) is 0 Å². The summed E-state index contributed by atoms with van der Waals surface area (Å²) in [7, 11) is 0. The van der Waals surface area contributed by atoms with Gasteiger partial charge in [0.1, 0.15) is 11.1 Å². The molecular weight excluding hydrogens is 408 g/mol. The lowest BCUT2D eigenvalue weighted by Crippen LogP contribution is -2.45. The quantitative estimate of drug-likeness (QED) is 0.563. The van der Waals surface area contributed by atoms with Crippen LogP contribution in [-0.4, -0.2) is 46.9 Å². The Balaban J connectivity index is 1.78. The Bertz CT molecular complexity index is 866. The summed E-state index contributed by atoms with van der Waals surface area (Å²) < 4.78 is 16.2. The zero-order chi connectivity index (χ0) is 21.7. The number of hydrogen-bond acceptors (Lipinski definition) is 5. The highest BCUT2D eigenvalue weighted by Gasteiger charge is 2.25. The van der Waals surface area contributed by atoms with Gasteiger partial charge in [0.2, 0.25) is 18.6 Å². The third-order valence-electron chi connectivity index (χ3n) is 4.65. The molecule has 8 heteroatoms. The number of carbonyl (C=O) groups excluding carboxylic acids is 2. The van der Waals surface area contributed by atoms with Crippen molar-refractivity contribution in [2.75, 3.05) is 19.9 Å². The summed E-state index contributed by atoms with van der Waals surface area (Å²) in [4.78, 5) is 28.9. The molecule has 1 aromatic heterocycles. The molecular formula is C22H27ClN2O5. The molecule has 2 heterocycles. The molecule has 1 atom stereocenters. The highest BCUT2D eigenvalue weighted by molar-refractivity contribution is 6.30. The molecule has 0 radical (unpaired) electrons. The van der Waals surface area contributed by atoms with Gasteiger partial charge in [0.05, 0.1) is 19.4 Å². The van der Waals surface area contributed by atoms with Crippen LogP contribution in [-0.2, 0) is 22.7 Å². The van der Waals surface area contributed by atoms with Gasteiger partial charge in [-0.25, -0.2) is 0 Å². The maximum absolute atomic E-state index is 13.2. The summed E-state index contributed by atoms with van der Waals surface area (Å²) in [5.74, 6) is 1.79. The van der Waals surface area contributed by atoms with Crippen LogP contribution in [0.15, 0.2) is 41.0 Å². The highest BCUT2D eigenvalue weighted by Crippen LogP contribution is 2.33. The minimum Gasteiger partial charge on any atom is -0.467 e. The standard InChI is InChI=1S/C22H27ClN2O5/c1-15(2)10-25(22(27)16(3)23)13-21(26)24(12-18-5-4-8-28-18)11-17-6-7-19-20(9-17)30-14-29-19/h4-9,15-16H,10-14H2,1-3H3. The maximum atomic E-state index is 13.2. The second kappa shape index (κ2) is 9.89. The number of furan rings is 1. The molecule has 1 aromatic carbocycles. The first-order chi connectivity index (χ1) is 14.3. The van der Waals surface area contributed by atoms with E-state index in [0.29, 0.717) is 36.9 Å². The largest absolute Gasteiger partial charge is 0.467 e. The molecule has 1 aliphatic rings. The van der Waals surface area contributed by atoms with E-state index in [1.807, 2.05) is 38.1 Å². The van der Waals surface area contributed by atoms with E-state index in [9.17, 15) is 9.59 Å². The van der Waals surface area contributed by atoms with E-state index in [1.54, 1.807) is 24.2 Å². The molecule has 0 spiro atoms. The van der Waals surface area contributed by atoms with Gasteiger partial charge in [-0.15, -0.1) is 11.6 Å². The summed E-state index contributed by atoms with van der Waals surface area (Å²) in [6.07, 6.45) is 1.57. The highest BCUT2D eigenvalue weighted by atomic mass is 35.5. The SMILES string of the molecule is CC(C)CN(CC(=O)N(Cc1ccc2c(c1)OCO2)Cc1ccco1)C(=O)C(C)Cl. The second-order valence-corrected chi connectivity index (χ2v) is 8.40. The summed E-state index contributed by atoms with van der Waals surface area (Å²) in [5.41, 5.74) is 0.895. The molecule has 2 amide bonds. The number of fused-ring (bicyclic) bond motifs is 1. The smallest absolute Gasteiger partial charge is 0.242 e. The molecule has 0 saturated heterocycles. The van der Waals surface area contributed by atoms with Crippen molar-refractivity contribution < 1.29 is 23.5 Å². The third-order valence-corrected chi connectivity index (χ3v) is 4.84. The fourth-order valence-electron chi connectivity index (χ4n) is 3.27. The summed E-state index contributed by atoms with van der Waals surface area (Å²) in [5, 5.41) is -0.691. The number of halogens is 1. The Morgan fingerprint density at radius 3 is 2.50 bits per heavy atom. The van der Waals surface area contributed by atoms with Gasteiger partial charge < -0.3 is 23.7 Å². The van der Waals surface area contributed by atoms with E-state index in [0.717, 1.165) is 5.56 Å². The van der Waals surface area contributed by atoms with Gasteiger partial charge in [0.15, 0.2) is 11.5 Å². The Morgan fingerprint density at radius 2 is 1.83 bits per heavy atom. The number of benzene rings is 1. The van der Waals surface area contributed by atoms with Crippen molar-refractivity contribution in [2.45, 2.75) is 39.2 Å². The molecule has 1 unspecified atom stereocenters. The Labute approximate surface area is 181 Å². The molecule has 162 valence electrons. The van der Waals surface area contributed by atoms with E-state index >= 15 is 0 Å². The lowest BCUT2D eigenvalue weighted by atomic mass is 10.1. The molecule has 7 nitrogen and oxygen atoms in total. The van der Waals surface area contributed by atoms with Crippen LogP contribution in [0.2, 0.25) is 0 Å². The monoisotopic (exact) mass is 434 g/mol. The first-order valence-electron chi connectivity index (χ1n) is 9.95. The topological polar surface area (TPSA) is 72.2 Å². The Morgan fingerprint density at radius 1 is 1.07 bits per heavy atom. The van der Waals surface area contributed by atoms with Gasteiger partial charge in [-0.1, -0.05) is 19.9 Å². The van der Waals surface area contributed by atoms with Crippen molar-refractivity contribution in [2.24, 2.45) is 5.92 Å². The molecule has 0 saturated carbocycles. The van der Waals surface area contributed by atoms with Crippen LogP contribution in [0.5, 0.6) is 11.5 Å². The fraction of sp³-hybridized carbons (Fsp3) is 0.455. The van der Waals surface area contributed by atoms with Gasteiger partial charge in [0.25, 0.3) is 0 Å². The maximum Gasteiger partial charge on any atom is 0.242 e. The minimum atomic E-state index is -0.691. The van der Waals surface area contributed by atoms with Gasteiger partial charge in [-0.3, -0.25) is 9.59 Å². The van der Waals surface area contributed by atoms with Gasteiger partial charge in [-0.2, -0.15) is 0 Å². The van der Waals surface area contributed by atoms with Crippen LogP contribution >= 0.6 is 11.6 Å². The summed E-state index contributed by atoms with van der Waals surface area (Å²) in [6, 6.07) is 9.19. The zero-order valence-corrected chi connectivity index (χ0v) is 18.2.